The molecule has 0 aromatic carbocycles. The molecule has 2 heteroatoms. The zero-order valence-electron chi connectivity index (χ0n) is 7.65. The first-order valence-electron chi connectivity index (χ1n) is 1.06. The summed E-state index contributed by atoms with van der Waals surface area (Å²) < 4.78 is 0. The van der Waals surface area contributed by atoms with E-state index in [1.807, 2.05) is 0 Å². The van der Waals surface area contributed by atoms with Crippen LogP contribution in [0.15, 0.2) is 0 Å². The van der Waals surface area contributed by atoms with Gasteiger partial charge in [-0.25, -0.2) is 0 Å². The summed E-state index contributed by atoms with van der Waals surface area (Å²) >= 11 is 0. The third-order valence-electron chi connectivity index (χ3n) is 0. The third-order valence-corrected chi connectivity index (χ3v) is 0. The molecule has 1 nitrogen and oxygen atoms in total. The number of hydrogen-bond donors (Lipinski definition) is 0. The summed E-state index contributed by atoms with van der Waals surface area (Å²) in [5, 5.41) is 0. The first kappa shape index (κ1) is 101. The van der Waals surface area contributed by atoms with Crippen LogP contribution in [0.5, 0.6) is 0 Å². The first-order valence-corrected chi connectivity index (χ1v) is 1.06. The molecular weight excluding hydrogens is 279 g/mol. The van der Waals surface area contributed by atoms with Crippen LogP contribution in [0.1, 0.15) is 6.92 Å². The second kappa shape index (κ2) is 178. The minimum Gasteiger partial charge on any atom is -0.678 e. The van der Waals surface area contributed by atoms with Gasteiger partial charge in [0.25, 0.3) is 0 Å². The Labute approximate surface area is 78.9 Å². The van der Waals surface area contributed by atoms with Crippen molar-refractivity contribution in [3.63, 3.8) is 0 Å². The van der Waals surface area contributed by atoms with Crippen LogP contribution in [0.3, 0.4) is 0 Å². The summed E-state index contributed by atoms with van der Waals surface area (Å²) in [7, 11) is 0. The molecule has 65 valence electrons. The third kappa shape index (κ3) is 797. The Bertz CT molecular complexity index is 8.88. The van der Waals surface area contributed by atoms with Crippen LogP contribution in [0.2, 0.25) is 0 Å². The molecule has 9 heavy (non-hydrogen) atoms. The SMILES string of the molecule is CC[NH-].[CH3-].[CH3-].[CH3-].[CH3-].[CH3-].[Ta]. The number of rotatable bonds is 0. The van der Waals surface area contributed by atoms with Crippen LogP contribution in [0.25, 0.3) is 5.73 Å². The summed E-state index contributed by atoms with van der Waals surface area (Å²) in [6.07, 6.45) is 0. The van der Waals surface area contributed by atoms with Crippen molar-refractivity contribution in [3.05, 3.63) is 42.9 Å². The van der Waals surface area contributed by atoms with E-state index in [-0.39, 0.29) is 59.5 Å². The normalized spacial score (nSPS) is 2.00. The molecule has 0 bridgehead atoms. The molecule has 0 heterocycles. The van der Waals surface area contributed by atoms with E-state index in [0.29, 0.717) is 6.54 Å². The maximum Gasteiger partial charge on any atom is 0 e. The Morgan fingerprint density at radius 3 is 0.889 bits per heavy atom. The van der Waals surface area contributed by atoms with Crippen molar-refractivity contribution in [1.29, 1.82) is 0 Å². The molecule has 0 aliphatic heterocycles. The molecule has 0 unspecified atom stereocenters. The van der Waals surface area contributed by atoms with Gasteiger partial charge in [-0.1, -0.05) is 6.92 Å². The summed E-state index contributed by atoms with van der Waals surface area (Å²) in [5.74, 6) is 0. The Morgan fingerprint density at radius 1 is 0.889 bits per heavy atom. The predicted molar refractivity (Wildman–Crippen MR) is 46.9 cm³/mol. The molecule has 0 atom stereocenters. The van der Waals surface area contributed by atoms with Gasteiger partial charge in [0.15, 0.2) is 0 Å². The number of nitrogens with one attached hydrogen (secondary N) is 1. The Morgan fingerprint density at radius 2 is 0.889 bits per heavy atom. The van der Waals surface area contributed by atoms with Gasteiger partial charge in [-0.15, -0.1) is 0 Å². The molecule has 0 aliphatic rings. The largest absolute Gasteiger partial charge is 0.678 e. The van der Waals surface area contributed by atoms with Crippen LogP contribution in [0, 0.1) is 37.1 Å². The van der Waals surface area contributed by atoms with Gasteiger partial charge in [0.1, 0.15) is 0 Å². The Kier molecular flexibility index (Phi) is 2000. The van der Waals surface area contributed by atoms with Crippen LogP contribution >= 0.6 is 0 Å². The molecule has 0 aromatic heterocycles. The molecule has 0 rings (SSSR count). The molecule has 0 fully saturated rings. The Hall–Kier alpha value is 0.700. The monoisotopic (exact) mass is 300 g/mol. The fraction of sp³-hybridized carbons (Fsp3) is 0.286. The van der Waals surface area contributed by atoms with Gasteiger partial charge in [0, 0.05) is 22.4 Å². The van der Waals surface area contributed by atoms with Gasteiger partial charge in [0.05, 0.1) is 0 Å². The van der Waals surface area contributed by atoms with Crippen molar-refractivity contribution in [2.75, 3.05) is 6.54 Å². The van der Waals surface area contributed by atoms with Crippen molar-refractivity contribution in [1.82, 2.24) is 0 Å². The molecule has 0 aliphatic carbocycles. The van der Waals surface area contributed by atoms with Gasteiger partial charge in [-0.3, -0.25) is 0 Å². The maximum absolute atomic E-state index is 6.21. The average Bonchev–Trinajstić information content (AvgIpc) is 0.918. The summed E-state index contributed by atoms with van der Waals surface area (Å²) in [6.45, 7) is 2.29. The van der Waals surface area contributed by atoms with Crippen LogP contribution in [0.4, 0.5) is 0 Å². The van der Waals surface area contributed by atoms with Gasteiger partial charge >= 0.3 is 0 Å². The molecule has 0 saturated carbocycles. The van der Waals surface area contributed by atoms with Crippen molar-refractivity contribution >= 4 is 0 Å². The van der Waals surface area contributed by atoms with Gasteiger partial charge in [0.2, 0.25) is 0 Å². The van der Waals surface area contributed by atoms with Crippen molar-refractivity contribution < 1.29 is 22.4 Å². The van der Waals surface area contributed by atoms with Crippen molar-refractivity contribution in [2.45, 2.75) is 6.92 Å². The smallest absolute Gasteiger partial charge is 0 e. The Balaban J connectivity index is -0.00000000133. The van der Waals surface area contributed by atoms with Crippen LogP contribution < -0.4 is 0 Å². The van der Waals surface area contributed by atoms with Crippen molar-refractivity contribution in [3.8, 4) is 0 Å². The average molecular weight is 300 g/mol. The molecule has 1 radical (unpaired) electrons. The maximum atomic E-state index is 6.21. The zero-order valence-corrected chi connectivity index (χ0v) is 10.9. The summed E-state index contributed by atoms with van der Waals surface area (Å²) in [4.78, 5) is 0. The van der Waals surface area contributed by atoms with E-state index < -0.39 is 0 Å². The summed E-state index contributed by atoms with van der Waals surface area (Å²) in [6, 6.07) is 0. The van der Waals surface area contributed by atoms with Crippen molar-refractivity contribution in [2.24, 2.45) is 0 Å². The van der Waals surface area contributed by atoms with E-state index in [9.17, 15) is 0 Å². The molecule has 1 N–H and O–H groups in total. The molecule has 0 spiro atoms. The zero-order chi connectivity index (χ0) is 2.71. The molecule has 0 saturated heterocycles. The van der Waals surface area contributed by atoms with Gasteiger partial charge < -0.3 is 42.9 Å². The minimum absolute atomic E-state index is 0. The van der Waals surface area contributed by atoms with Crippen LogP contribution in [-0.2, 0) is 22.4 Å². The summed E-state index contributed by atoms with van der Waals surface area (Å²) in [5.41, 5.74) is 6.21. The van der Waals surface area contributed by atoms with E-state index in [1.165, 1.54) is 0 Å². The van der Waals surface area contributed by atoms with E-state index in [2.05, 4.69) is 0 Å². The minimum atomic E-state index is 0. The standard InChI is InChI=1S/C2H6N.5CH3.Ta/c1-2-3;;;;;;/h3H,2H2,1H3;5*1H3;/q6*-1;. The van der Waals surface area contributed by atoms with E-state index in [0.717, 1.165) is 0 Å². The fourth-order valence-electron chi connectivity index (χ4n) is 0. The van der Waals surface area contributed by atoms with E-state index in [4.69, 9.17) is 5.73 Å². The second-order valence-electron chi connectivity index (χ2n) is 0.354. The molecule has 0 aromatic rings. The predicted octanol–water partition coefficient (Wildman–Crippen LogP) is 3.31. The fourth-order valence-corrected chi connectivity index (χ4v) is 0. The second-order valence-corrected chi connectivity index (χ2v) is 0.354. The molecule has 0 amide bonds. The first-order chi connectivity index (χ1) is 1.41. The van der Waals surface area contributed by atoms with Gasteiger partial charge in [-0.05, 0) is 0 Å². The van der Waals surface area contributed by atoms with E-state index in [1.54, 1.807) is 6.92 Å². The topological polar surface area (TPSA) is 23.8 Å². The number of hydrogen-bond acceptors (Lipinski definition) is 0. The van der Waals surface area contributed by atoms with E-state index >= 15 is 0 Å². The molecular formula is C7H21NTa-6. The van der Waals surface area contributed by atoms with Gasteiger partial charge in [-0.2, -0.15) is 6.54 Å². The quantitative estimate of drug-likeness (QED) is 0.613. The van der Waals surface area contributed by atoms with Crippen LogP contribution in [-0.4, -0.2) is 6.54 Å².